The summed E-state index contributed by atoms with van der Waals surface area (Å²) in [5.41, 5.74) is 2.43. The number of benzene rings is 2. The lowest BCUT2D eigenvalue weighted by Gasteiger charge is -2.17. The molecule has 0 amide bonds. The SMILES string of the molecule is Cc1ccc(F)cc1NC(C)c1cccc([N+](=O)[O-])c1. The van der Waals surface area contributed by atoms with Crippen molar-refractivity contribution >= 4 is 11.4 Å². The normalized spacial score (nSPS) is 11.9. The van der Waals surface area contributed by atoms with E-state index in [1.807, 2.05) is 13.8 Å². The van der Waals surface area contributed by atoms with Gasteiger partial charge in [0.25, 0.3) is 5.69 Å². The Labute approximate surface area is 116 Å². The van der Waals surface area contributed by atoms with E-state index in [-0.39, 0.29) is 17.5 Å². The van der Waals surface area contributed by atoms with Gasteiger partial charge in [0.15, 0.2) is 0 Å². The van der Waals surface area contributed by atoms with Crippen molar-refractivity contribution in [1.82, 2.24) is 0 Å². The zero-order chi connectivity index (χ0) is 14.7. The molecule has 0 radical (unpaired) electrons. The number of nitrogens with one attached hydrogen (secondary N) is 1. The average molecular weight is 274 g/mol. The lowest BCUT2D eigenvalue weighted by atomic mass is 10.1. The van der Waals surface area contributed by atoms with Gasteiger partial charge >= 0.3 is 0 Å². The Bertz CT molecular complexity index is 644. The molecule has 5 heteroatoms. The standard InChI is InChI=1S/C15H15FN2O2/c1-10-6-7-13(16)9-15(10)17-11(2)12-4-3-5-14(8-12)18(19)20/h3-9,11,17H,1-2H3. The molecule has 0 aliphatic rings. The van der Waals surface area contributed by atoms with Crippen LogP contribution in [0.3, 0.4) is 0 Å². The molecule has 0 bridgehead atoms. The first-order valence-electron chi connectivity index (χ1n) is 6.24. The Hall–Kier alpha value is -2.43. The highest BCUT2D eigenvalue weighted by atomic mass is 19.1. The Morgan fingerprint density at radius 2 is 2.00 bits per heavy atom. The molecular formula is C15H15FN2O2. The minimum atomic E-state index is -0.427. The van der Waals surface area contributed by atoms with E-state index < -0.39 is 4.92 Å². The minimum absolute atomic E-state index is 0.0483. The Balaban J connectivity index is 2.23. The highest BCUT2D eigenvalue weighted by molar-refractivity contribution is 5.52. The summed E-state index contributed by atoms with van der Waals surface area (Å²) in [4.78, 5) is 10.3. The zero-order valence-electron chi connectivity index (χ0n) is 11.3. The van der Waals surface area contributed by atoms with Gasteiger partial charge < -0.3 is 5.32 Å². The predicted molar refractivity (Wildman–Crippen MR) is 76.3 cm³/mol. The molecule has 104 valence electrons. The van der Waals surface area contributed by atoms with E-state index in [2.05, 4.69) is 5.32 Å². The van der Waals surface area contributed by atoms with E-state index in [1.54, 1.807) is 18.2 Å². The molecule has 2 aromatic rings. The van der Waals surface area contributed by atoms with Crippen LogP contribution in [0, 0.1) is 22.9 Å². The van der Waals surface area contributed by atoms with Crippen LogP contribution in [0.1, 0.15) is 24.1 Å². The topological polar surface area (TPSA) is 55.2 Å². The molecule has 0 saturated heterocycles. The second-order valence-electron chi connectivity index (χ2n) is 4.68. The van der Waals surface area contributed by atoms with Crippen molar-refractivity contribution in [3.05, 3.63) is 69.5 Å². The lowest BCUT2D eigenvalue weighted by molar-refractivity contribution is -0.384. The van der Waals surface area contributed by atoms with E-state index in [0.717, 1.165) is 11.1 Å². The predicted octanol–water partition coefficient (Wildman–Crippen LogP) is 4.22. The van der Waals surface area contributed by atoms with E-state index in [1.165, 1.54) is 24.3 Å². The number of hydrogen-bond acceptors (Lipinski definition) is 3. The van der Waals surface area contributed by atoms with Crippen LogP contribution in [0.15, 0.2) is 42.5 Å². The summed E-state index contributed by atoms with van der Waals surface area (Å²) in [5, 5.41) is 13.9. The summed E-state index contributed by atoms with van der Waals surface area (Å²) in [6, 6.07) is 10.8. The summed E-state index contributed by atoms with van der Waals surface area (Å²) >= 11 is 0. The number of hydrogen-bond donors (Lipinski definition) is 1. The van der Waals surface area contributed by atoms with Gasteiger partial charge in [-0.1, -0.05) is 18.2 Å². The minimum Gasteiger partial charge on any atom is -0.378 e. The first kappa shape index (κ1) is 14.0. The molecule has 0 saturated carbocycles. The second kappa shape index (κ2) is 5.69. The molecule has 0 aromatic heterocycles. The van der Waals surface area contributed by atoms with E-state index >= 15 is 0 Å². The van der Waals surface area contributed by atoms with Crippen LogP contribution in [0.5, 0.6) is 0 Å². The fraction of sp³-hybridized carbons (Fsp3) is 0.200. The third kappa shape index (κ3) is 3.12. The number of halogens is 1. The maximum atomic E-state index is 13.2. The van der Waals surface area contributed by atoms with Gasteiger partial charge in [-0.15, -0.1) is 0 Å². The van der Waals surface area contributed by atoms with Crippen LogP contribution >= 0.6 is 0 Å². The summed E-state index contributed by atoms with van der Waals surface area (Å²) in [6.07, 6.45) is 0. The van der Waals surface area contributed by atoms with Gasteiger partial charge in [-0.2, -0.15) is 0 Å². The van der Waals surface area contributed by atoms with Crippen LogP contribution in [0.4, 0.5) is 15.8 Å². The molecule has 1 atom stereocenters. The van der Waals surface area contributed by atoms with Gasteiger partial charge in [-0.25, -0.2) is 4.39 Å². The maximum Gasteiger partial charge on any atom is 0.269 e. The van der Waals surface area contributed by atoms with Crippen molar-refractivity contribution in [2.45, 2.75) is 19.9 Å². The molecule has 2 aromatic carbocycles. The number of non-ortho nitro benzene ring substituents is 1. The number of nitro benzene ring substituents is 1. The van der Waals surface area contributed by atoms with Crippen molar-refractivity contribution in [2.75, 3.05) is 5.32 Å². The molecule has 1 unspecified atom stereocenters. The van der Waals surface area contributed by atoms with Crippen molar-refractivity contribution in [2.24, 2.45) is 0 Å². The second-order valence-corrected chi connectivity index (χ2v) is 4.68. The number of anilines is 1. The number of nitrogens with zero attached hydrogens (tertiary/aromatic N) is 1. The van der Waals surface area contributed by atoms with Crippen LogP contribution in [0.25, 0.3) is 0 Å². The smallest absolute Gasteiger partial charge is 0.269 e. The largest absolute Gasteiger partial charge is 0.378 e. The quantitative estimate of drug-likeness (QED) is 0.671. The average Bonchev–Trinajstić information content (AvgIpc) is 2.43. The Morgan fingerprint density at radius 1 is 1.25 bits per heavy atom. The molecule has 4 nitrogen and oxygen atoms in total. The van der Waals surface area contributed by atoms with Crippen molar-refractivity contribution in [3.63, 3.8) is 0 Å². The zero-order valence-corrected chi connectivity index (χ0v) is 11.3. The molecule has 0 heterocycles. The summed E-state index contributed by atoms with van der Waals surface area (Å²) in [5.74, 6) is -0.315. The van der Waals surface area contributed by atoms with Gasteiger partial charge in [-0.05, 0) is 37.1 Å². The van der Waals surface area contributed by atoms with Crippen LogP contribution in [0.2, 0.25) is 0 Å². The fourth-order valence-corrected chi connectivity index (χ4v) is 1.97. The molecular weight excluding hydrogens is 259 g/mol. The number of nitro groups is 1. The lowest BCUT2D eigenvalue weighted by Crippen LogP contribution is -2.08. The number of rotatable bonds is 4. The Kier molecular flexibility index (Phi) is 3.98. The van der Waals surface area contributed by atoms with E-state index in [0.29, 0.717) is 5.69 Å². The van der Waals surface area contributed by atoms with Gasteiger partial charge in [0, 0.05) is 23.9 Å². The van der Waals surface area contributed by atoms with Gasteiger partial charge in [0.05, 0.1) is 4.92 Å². The molecule has 0 fully saturated rings. The fourth-order valence-electron chi connectivity index (χ4n) is 1.97. The van der Waals surface area contributed by atoms with Crippen LogP contribution in [-0.2, 0) is 0 Å². The van der Waals surface area contributed by atoms with Crippen molar-refractivity contribution in [1.29, 1.82) is 0 Å². The third-order valence-corrected chi connectivity index (χ3v) is 3.15. The summed E-state index contributed by atoms with van der Waals surface area (Å²) in [7, 11) is 0. The van der Waals surface area contributed by atoms with E-state index in [4.69, 9.17) is 0 Å². The van der Waals surface area contributed by atoms with Gasteiger partial charge in [0.1, 0.15) is 5.82 Å². The molecule has 2 rings (SSSR count). The van der Waals surface area contributed by atoms with Crippen molar-refractivity contribution in [3.8, 4) is 0 Å². The van der Waals surface area contributed by atoms with Gasteiger partial charge in [-0.3, -0.25) is 10.1 Å². The first-order chi connectivity index (χ1) is 9.47. The monoisotopic (exact) mass is 274 g/mol. The molecule has 20 heavy (non-hydrogen) atoms. The summed E-state index contributed by atoms with van der Waals surface area (Å²) in [6.45, 7) is 3.76. The van der Waals surface area contributed by atoms with Gasteiger partial charge in [0.2, 0.25) is 0 Å². The highest BCUT2D eigenvalue weighted by Crippen LogP contribution is 2.25. The molecule has 0 aliphatic heterocycles. The van der Waals surface area contributed by atoms with E-state index in [9.17, 15) is 14.5 Å². The number of aryl methyl sites for hydroxylation is 1. The van der Waals surface area contributed by atoms with Crippen molar-refractivity contribution < 1.29 is 9.31 Å². The van der Waals surface area contributed by atoms with Crippen LogP contribution in [-0.4, -0.2) is 4.92 Å². The molecule has 1 N–H and O–H groups in total. The maximum absolute atomic E-state index is 13.2. The Morgan fingerprint density at radius 3 is 2.70 bits per heavy atom. The van der Waals surface area contributed by atoms with Crippen LogP contribution < -0.4 is 5.32 Å². The summed E-state index contributed by atoms with van der Waals surface area (Å²) < 4.78 is 13.2. The molecule has 0 aliphatic carbocycles. The first-order valence-corrected chi connectivity index (χ1v) is 6.24. The molecule has 0 spiro atoms. The highest BCUT2D eigenvalue weighted by Gasteiger charge is 2.12. The third-order valence-electron chi connectivity index (χ3n) is 3.15.